The predicted molar refractivity (Wildman–Crippen MR) is 201 cm³/mol. The summed E-state index contributed by atoms with van der Waals surface area (Å²) in [6.07, 6.45) is 7.09. The van der Waals surface area contributed by atoms with Gasteiger partial charge in [0.15, 0.2) is 5.82 Å². The number of benzene rings is 2. The molecule has 13 heteroatoms. The highest BCUT2D eigenvalue weighted by atomic mass is 28.3. The molecule has 1 heterocycles. The summed E-state index contributed by atoms with van der Waals surface area (Å²) in [5.74, 6) is 0.275. The summed E-state index contributed by atoms with van der Waals surface area (Å²) in [7, 11) is -0.000438. The summed E-state index contributed by atoms with van der Waals surface area (Å²) < 4.78 is 39.9. The van der Waals surface area contributed by atoms with Crippen LogP contribution in [0.2, 0.25) is 12.1 Å². The second-order valence-corrected chi connectivity index (χ2v) is 15.1. The van der Waals surface area contributed by atoms with E-state index in [9.17, 15) is 14.7 Å². The lowest BCUT2D eigenvalue weighted by atomic mass is 10.1. The Morgan fingerprint density at radius 3 is 2.23 bits per heavy atom. The smallest absolute Gasteiger partial charge is 0.345 e. The fraction of sp³-hybridized carbons (Fsp3) is 0.538. The molecule has 0 spiro atoms. The van der Waals surface area contributed by atoms with Crippen LogP contribution in [0.1, 0.15) is 70.6 Å². The standard InChI is InChI=1S/C39H56N2O10Si/c1-6-8-12-33(13-9-7-2)52(5)51-32-16-17-35(30(26-32)27-37(39(43)44)50-29(3)42)49-28-31-18-19-40-38(41-31)34-14-10-11-15-36(34)48-25-24-47-23-22-46-21-20-45-4/h10-11,14-19,26,33,37,52H,6-9,12-13,20-25,27-28H2,1-5H3,(H,43,44). The van der Waals surface area contributed by atoms with E-state index in [0.29, 0.717) is 79.5 Å². The normalized spacial score (nSPS) is 12.3. The highest BCUT2D eigenvalue weighted by molar-refractivity contribution is 6.52. The predicted octanol–water partition coefficient (Wildman–Crippen LogP) is 6.82. The zero-order valence-electron chi connectivity index (χ0n) is 31.3. The largest absolute Gasteiger partial charge is 0.546 e. The van der Waals surface area contributed by atoms with Crippen molar-refractivity contribution < 1.29 is 47.5 Å². The molecule has 0 aliphatic heterocycles. The molecule has 0 fully saturated rings. The minimum Gasteiger partial charge on any atom is -0.546 e. The topological polar surface area (TPSA) is 145 Å². The number of aromatic nitrogens is 2. The molecule has 0 amide bonds. The van der Waals surface area contributed by atoms with Crippen molar-refractivity contribution in [1.29, 1.82) is 0 Å². The number of carbonyl (C=O) groups excluding carboxylic acids is 1. The van der Waals surface area contributed by atoms with Gasteiger partial charge in [-0.3, -0.25) is 4.79 Å². The van der Waals surface area contributed by atoms with Crippen molar-refractivity contribution >= 4 is 21.0 Å². The molecule has 1 N–H and O–H groups in total. The van der Waals surface area contributed by atoms with Crippen LogP contribution in [0.4, 0.5) is 0 Å². The Hall–Kier alpha value is -4.04. The fourth-order valence-electron chi connectivity index (χ4n) is 5.58. The average Bonchev–Trinajstić information content (AvgIpc) is 3.13. The number of carboxylic acids is 1. The van der Waals surface area contributed by atoms with Crippen molar-refractivity contribution in [2.45, 2.75) is 90.5 Å². The SMILES string of the molecule is CCCCC(CCCC)[SiH](C)Oc1ccc(OCc2ccnc(-c3ccccc3OCCOCCOCCOC)n2)c(CC(OC(C)=O)C(=O)O)c1. The lowest BCUT2D eigenvalue weighted by molar-refractivity contribution is -0.162. The first kappa shape index (κ1) is 42.4. The minimum absolute atomic E-state index is 0.0820. The van der Waals surface area contributed by atoms with Crippen molar-refractivity contribution in [3.63, 3.8) is 0 Å². The van der Waals surface area contributed by atoms with Crippen LogP contribution < -0.4 is 13.9 Å². The molecule has 0 saturated heterocycles. The van der Waals surface area contributed by atoms with Gasteiger partial charge in [0.2, 0.25) is 15.1 Å². The average molecular weight is 741 g/mol. The number of rotatable bonds is 27. The number of methoxy groups -OCH3 is 1. The van der Waals surface area contributed by atoms with Crippen LogP contribution >= 0.6 is 0 Å². The van der Waals surface area contributed by atoms with E-state index >= 15 is 0 Å². The number of esters is 1. The van der Waals surface area contributed by atoms with Gasteiger partial charge in [0.05, 0.1) is 44.3 Å². The highest BCUT2D eigenvalue weighted by Gasteiger charge is 2.25. The van der Waals surface area contributed by atoms with E-state index in [4.69, 9.17) is 37.8 Å². The van der Waals surface area contributed by atoms with Gasteiger partial charge in [-0.05, 0) is 61.3 Å². The molecule has 0 aliphatic rings. The maximum atomic E-state index is 12.1. The van der Waals surface area contributed by atoms with E-state index in [-0.39, 0.29) is 13.0 Å². The summed E-state index contributed by atoms with van der Waals surface area (Å²) in [5.41, 5.74) is 2.42. The number of hydrogen-bond acceptors (Lipinski definition) is 11. The second-order valence-electron chi connectivity index (χ2n) is 12.5. The third-order valence-electron chi connectivity index (χ3n) is 8.37. The summed E-state index contributed by atoms with van der Waals surface area (Å²) >= 11 is 0. The number of unbranched alkanes of at least 4 members (excludes halogenated alkanes) is 2. The molecule has 0 aliphatic carbocycles. The van der Waals surface area contributed by atoms with Crippen LogP contribution in [0.15, 0.2) is 54.7 Å². The summed E-state index contributed by atoms with van der Waals surface area (Å²) in [6.45, 7) is 10.6. The zero-order chi connectivity index (χ0) is 37.6. The van der Waals surface area contributed by atoms with Crippen LogP contribution in [0.25, 0.3) is 11.4 Å². The monoisotopic (exact) mass is 740 g/mol. The summed E-state index contributed by atoms with van der Waals surface area (Å²) in [4.78, 5) is 33.0. The van der Waals surface area contributed by atoms with E-state index in [1.165, 1.54) is 19.8 Å². The number of aliphatic carboxylic acids is 1. The molecule has 0 saturated carbocycles. The van der Waals surface area contributed by atoms with Gasteiger partial charge >= 0.3 is 11.9 Å². The quantitative estimate of drug-likeness (QED) is 0.0497. The van der Waals surface area contributed by atoms with Crippen molar-refractivity contribution in [2.24, 2.45) is 0 Å². The molecule has 286 valence electrons. The molecule has 0 radical (unpaired) electrons. The van der Waals surface area contributed by atoms with Crippen molar-refractivity contribution in [3.8, 4) is 28.6 Å². The van der Waals surface area contributed by atoms with Crippen LogP contribution in [0.5, 0.6) is 17.2 Å². The number of hydrogen-bond donors (Lipinski definition) is 1. The molecular formula is C39H56N2O10Si. The molecule has 2 unspecified atom stereocenters. The van der Waals surface area contributed by atoms with Crippen LogP contribution in [0.3, 0.4) is 0 Å². The van der Waals surface area contributed by atoms with E-state index < -0.39 is 27.1 Å². The lowest BCUT2D eigenvalue weighted by Gasteiger charge is -2.24. The first-order valence-electron chi connectivity index (χ1n) is 18.3. The van der Waals surface area contributed by atoms with Gasteiger partial charge in [0.1, 0.15) is 30.5 Å². The Morgan fingerprint density at radius 2 is 1.56 bits per heavy atom. The van der Waals surface area contributed by atoms with Gasteiger partial charge in [-0.2, -0.15) is 0 Å². The van der Waals surface area contributed by atoms with Gasteiger partial charge in [0, 0.05) is 32.2 Å². The molecule has 12 nitrogen and oxygen atoms in total. The number of nitrogens with zero attached hydrogens (tertiary/aromatic N) is 2. The van der Waals surface area contributed by atoms with Crippen LogP contribution in [-0.4, -0.2) is 88.9 Å². The number of ether oxygens (including phenoxy) is 6. The van der Waals surface area contributed by atoms with E-state index in [0.717, 1.165) is 31.2 Å². The molecule has 3 rings (SSSR count). The minimum atomic E-state index is -1.63. The molecule has 0 bridgehead atoms. The maximum Gasteiger partial charge on any atom is 0.345 e. The summed E-state index contributed by atoms with van der Waals surface area (Å²) in [5, 5.41) is 9.84. The number of para-hydroxylation sites is 1. The Bertz CT molecular complexity index is 1480. The van der Waals surface area contributed by atoms with Gasteiger partial charge in [-0.25, -0.2) is 14.8 Å². The molecule has 1 aromatic heterocycles. The first-order valence-corrected chi connectivity index (χ1v) is 20.6. The number of carboxylic acid groups (broad SMARTS) is 1. The Labute approximate surface area is 309 Å². The third-order valence-corrected chi connectivity index (χ3v) is 11.0. The summed E-state index contributed by atoms with van der Waals surface area (Å²) in [6, 6.07) is 14.7. The van der Waals surface area contributed by atoms with Gasteiger partial charge in [-0.1, -0.05) is 51.7 Å². The zero-order valence-corrected chi connectivity index (χ0v) is 32.5. The van der Waals surface area contributed by atoms with E-state index in [2.05, 4.69) is 25.4 Å². The van der Waals surface area contributed by atoms with Crippen molar-refractivity contribution in [1.82, 2.24) is 9.97 Å². The van der Waals surface area contributed by atoms with Crippen molar-refractivity contribution in [3.05, 3.63) is 66.0 Å². The Kier molecular flexibility index (Phi) is 19.8. The van der Waals surface area contributed by atoms with E-state index in [1.54, 1.807) is 25.4 Å². The molecule has 3 aromatic rings. The third kappa shape index (κ3) is 15.3. The van der Waals surface area contributed by atoms with Gasteiger partial charge in [-0.15, -0.1) is 0 Å². The molecule has 2 aromatic carbocycles. The van der Waals surface area contributed by atoms with Crippen LogP contribution in [-0.2, 0) is 41.6 Å². The number of carbonyl (C=O) groups is 2. The maximum absolute atomic E-state index is 12.1. The molecule has 52 heavy (non-hydrogen) atoms. The fourth-order valence-corrected chi connectivity index (χ4v) is 7.75. The lowest BCUT2D eigenvalue weighted by Crippen LogP contribution is -2.28. The molecular weight excluding hydrogens is 685 g/mol. The van der Waals surface area contributed by atoms with Crippen molar-refractivity contribution in [2.75, 3.05) is 46.8 Å². The Balaban J connectivity index is 1.74. The first-order chi connectivity index (χ1) is 25.2. The van der Waals surface area contributed by atoms with Gasteiger partial charge in [0.25, 0.3) is 0 Å². The van der Waals surface area contributed by atoms with Gasteiger partial charge < -0.3 is 38.0 Å². The second kappa shape index (κ2) is 24.2. The highest BCUT2D eigenvalue weighted by Crippen LogP contribution is 2.32. The molecule has 2 atom stereocenters. The Morgan fingerprint density at radius 1 is 0.865 bits per heavy atom. The van der Waals surface area contributed by atoms with Crippen LogP contribution in [0, 0.1) is 0 Å². The van der Waals surface area contributed by atoms with E-state index in [1.807, 2.05) is 36.4 Å².